The molecule has 0 bridgehead atoms. The molecule has 11 nitrogen and oxygen atoms in total. The van der Waals surface area contributed by atoms with Crippen molar-refractivity contribution in [3.8, 4) is 5.75 Å². The van der Waals surface area contributed by atoms with Crippen molar-refractivity contribution < 1.29 is 24.5 Å². The van der Waals surface area contributed by atoms with Crippen molar-refractivity contribution in [2.45, 2.75) is 64.7 Å². The van der Waals surface area contributed by atoms with Crippen LogP contribution in [0.2, 0.25) is 0 Å². The van der Waals surface area contributed by atoms with Crippen LogP contribution in [0.25, 0.3) is 0 Å². The number of aryl methyl sites for hydroxylation is 1. The third-order valence-corrected chi connectivity index (χ3v) is 9.62. The smallest absolute Gasteiger partial charge is 0.321 e. The van der Waals surface area contributed by atoms with Crippen molar-refractivity contribution in [1.29, 1.82) is 0 Å². The monoisotopic (exact) mass is 528 g/mol. The number of benzene rings is 1. The molecule has 3 aliphatic rings. The van der Waals surface area contributed by atoms with Crippen molar-refractivity contribution in [2.75, 3.05) is 5.32 Å². The topological polar surface area (TPSA) is 166 Å². The number of amides is 1. The molecule has 3 aliphatic carbocycles. The molecule has 1 aromatic heterocycles. The maximum Gasteiger partial charge on any atom is 0.321 e. The Morgan fingerprint density at radius 1 is 1.30 bits per heavy atom. The second-order valence-electron chi connectivity index (χ2n) is 10.7. The highest BCUT2D eigenvalue weighted by Crippen LogP contribution is 2.63. The summed E-state index contributed by atoms with van der Waals surface area (Å²) < 4.78 is 0. The van der Waals surface area contributed by atoms with Gasteiger partial charge in [0.15, 0.2) is 5.13 Å². The Kier molecular flexibility index (Phi) is 6.25. The fourth-order valence-electron chi connectivity index (χ4n) is 7.26. The summed E-state index contributed by atoms with van der Waals surface area (Å²) in [5.74, 6) is -1.07. The fourth-order valence-corrected chi connectivity index (χ4v) is 7.94. The van der Waals surface area contributed by atoms with Gasteiger partial charge in [-0.1, -0.05) is 6.92 Å². The molecule has 196 valence electrons. The van der Waals surface area contributed by atoms with Gasteiger partial charge >= 0.3 is 11.4 Å². The standard InChI is InChI=1S/C25H28N4O7S/c1-12-11-26-24(37-12)27-20(31)6-3-13-9-19(30)25(2)8-7-14-15(21(13)25)4-5-16-17(14)10-18(28(33)34)23(32)22(16)29(35)36/h10-11,13-15,21,32H,3-9H2,1-2H3,(H,26,27,31). The summed E-state index contributed by atoms with van der Waals surface area (Å²) in [5.41, 5.74) is -0.876. The Balaban J connectivity index is 1.43. The van der Waals surface area contributed by atoms with Gasteiger partial charge in [0.1, 0.15) is 5.78 Å². The molecule has 0 spiro atoms. The second-order valence-corrected chi connectivity index (χ2v) is 12.0. The van der Waals surface area contributed by atoms with Crippen LogP contribution in [0.1, 0.15) is 67.4 Å². The molecular formula is C25H28N4O7S. The molecule has 5 unspecified atom stereocenters. The molecule has 2 N–H and O–H groups in total. The predicted octanol–water partition coefficient (Wildman–Crippen LogP) is 5.04. The van der Waals surface area contributed by atoms with Gasteiger partial charge < -0.3 is 10.4 Å². The van der Waals surface area contributed by atoms with E-state index in [4.69, 9.17) is 0 Å². The first-order valence-electron chi connectivity index (χ1n) is 12.4. The largest absolute Gasteiger partial charge is 0.497 e. The average molecular weight is 529 g/mol. The van der Waals surface area contributed by atoms with Gasteiger partial charge in [-0.25, -0.2) is 4.98 Å². The van der Waals surface area contributed by atoms with Gasteiger partial charge in [-0.05, 0) is 68.3 Å². The van der Waals surface area contributed by atoms with E-state index in [1.165, 1.54) is 17.4 Å². The molecule has 5 rings (SSSR count). The van der Waals surface area contributed by atoms with Crippen LogP contribution >= 0.6 is 11.3 Å². The average Bonchev–Trinajstić information content (AvgIpc) is 3.35. The molecule has 1 heterocycles. The molecule has 5 atom stereocenters. The summed E-state index contributed by atoms with van der Waals surface area (Å²) in [7, 11) is 0. The third-order valence-electron chi connectivity index (χ3n) is 8.79. The molecule has 37 heavy (non-hydrogen) atoms. The van der Waals surface area contributed by atoms with Crippen LogP contribution in [0.15, 0.2) is 12.3 Å². The van der Waals surface area contributed by atoms with E-state index < -0.39 is 32.4 Å². The maximum atomic E-state index is 13.2. The molecule has 12 heteroatoms. The van der Waals surface area contributed by atoms with Gasteiger partial charge in [-0.2, -0.15) is 0 Å². The number of fused-ring (bicyclic) bond motifs is 5. The molecule has 2 fully saturated rings. The van der Waals surface area contributed by atoms with Crippen molar-refractivity contribution in [3.63, 3.8) is 0 Å². The van der Waals surface area contributed by atoms with E-state index in [9.17, 15) is 34.9 Å². The Morgan fingerprint density at radius 3 is 2.70 bits per heavy atom. The SMILES string of the molecule is Cc1cnc(NC(=O)CCC2CC(=O)C3(C)CCC4c5cc([N+](=O)[O-])c(O)c([N+](=O)[O-])c5CCC4C23)s1. The number of ketones is 1. The number of aromatic hydroxyl groups is 1. The third kappa shape index (κ3) is 4.16. The first-order valence-corrected chi connectivity index (χ1v) is 13.3. The number of carbonyl (C=O) groups is 2. The minimum Gasteiger partial charge on any atom is -0.497 e. The zero-order valence-electron chi connectivity index (χ0n) is 20.6. The molecule has 2 aromatic rings. The number of nitro groups is 2. The highest BCUT2D eigenvalue weighted by atomic mass is 32.1. The maximum absolute atomic E-state index is 13.2. The second kappa shape index (κ2) is 9.16. The normalized spacial score (nSPS) is 28.2. The summed E-state index contributed by atoms with van der Waals surface area (Å²) in [5, 5.41) is 37.0. The van der Waals surface area contributed by atoms with Gasteiger partial charge in [-0.15, -0.1) is 11.3 Å². The van der Waals surface area contributed by atoms with E-state index in [1.807, 2.05) is 13.8 Å². The van der Waals surface area contributed by atoms with Crippen molar-refractivity contribution >= 4 is 39.5 Å². The Bertz CT molecular complexity index is 1320. The van der Waals surface area contributed by atoms with Gasteiger partial charge in [0.05, 0.1) is 9.85 Å². The van der Waals surface area contributed by atoms with Gasteiger partial charge in [0.25, 0.3) is 5.75 Å². The minimum absolute atomic E-state index is 0.0103. The number of anilines is 1. The number of nitrogens with one attached hydrogen (secondary N) is 1. The Hall–Kier alpha value is -3.41. The minimum atomic E-state index is -0.900. The number of thiazole rings is 1. The van der Waals surface area contributed by atoms with Crippen LogP contribution in [-0.2, 0) is 16.0 Å². The van der Waals surface area contributed by atoms with Crippen LogP contribution in [0.5, 0.6) is 5.75 Å². The lowest BCUT2D eigenvalue weighted by molar-refractivity contribution is -0.396. The number of aromatic nitrogens is 1. The lowest BCUT2D eigenvalue weighted by Crippen LogP contribution is -2.44. The number of rotatable bonds is 6. The number of nitrogens with zero attached hydrogens (tertiary/aromatic N) is 3. The van der Waals surface area contributed by atoms with E-state index in [0.29, 0.717) is 54.8 Å². The highest BCUT2D eigenvalue weighted by Gasteiger charge is 2.59. The van der Waals surface area contributed by atoms with Crippen molar-refractivity contribution in [1.82, 2.24) is 4.98 Å². The van der Waals surface area contributed by atoms with Crippen LogP contribution in [0.3, 0.4) is 0 Å². The Morgan fingerprint density at radius 2 is 2.05 bits per heavy atom. The van der Waals surface area contributed by atoms with Gasteiger partial charge in [0, 0.05) is 41.0 Å². The number of carbonyl (C=O) groups excluding carboxylic acids is 2. The zero-order chi connectivity index (χ0) is 26.6. The van der Waals surface area contributed by atoms with Gasteiger partial charge in [-0.3, -0.25) is 29.8 Å². The van der Waals surface area contributed by atoms with Gasteiger partial charge in [0.2, 0.25) is 5.91 Å². The summed E-state index contributed by atoms with van der Waals surface area (Å²) >= 11 is 1.40. The Labute approximate surface area is 216 Å². The van der Waals surface area contributed by atoms with Crippen LogP contribution in [-0.4, -0.2) is 31.6 Å². The number of nitro benzene ring substituents is 2. The first-order chi connectivity index (χ1) is 17.5. The molecule has 2 saturated carbocycles. The van der Waals surface area contributed by atoms with Crippen LogP contribution < -0.4 is 5.32 Å². The molecular weight excluding hydrogens is 500 g/mol. The van der Waals surface area contributed by atoms with E-state index in [2.05, 4.69) is 10.3 Å². The molecule has 1 amide bonds. The lowest BCUT2D eigenvalue weighted by atomic mass is 9.54. The summed E-state index contributed by atoms with van der Waals surface area (Å²) in [6, 6.07) is 1.30. The lowest BCUT2D eigenvalue weighted by Gasteiger charge is -2.49. The number of phenols is 1. The summed E-state index contributed by atoms with van der Waals surface area (Å²) in [6.07, 6.45) is 4.93. The zero-order valence-corrected chi connectivity index (χ0v) is 21.4. The van der Waals surface area contributed by atoms with E-state index in [1.54, 1.807) is 6.20 Å². The van der Waals surface area contributed by atoms with Crippen molar-refractivity contribution in [2.24, 2.45) is 23.2 Å². The number of hydrogen-bond acceptors (Lipinski definition) is 9. The summed E-state index contributed by atoms with van der Waals surface area (Å²) in [4.78, 5) is 52.8. The predicted molar refractivity (Wildman–Crippen MR) is 135 cm³/mol. The van der Waals surface area contributed by atoms with E-state index in [-0.39, 0.29) is 41.8 Å². The molecule has 0 saturated heterocycles. The number of Topliss-reactive ketones (excluding diaryl/α,β-unsaturated/α-hetero) is 1. The van der Waals surface area contributed by atoms with E-state index >= 15 is 0 Å². The van der Waals surface area contributed by atoms with Crippen molar-refractivity contribution in [3.05, 3.63) is 48.5 Å². The number of hydrogen-bond donors (Lipinski definition) is 2. The van der Waals surface area contributed by atoms with Crippen LogP contribution in [0.4, 0.5) is 16.5 Å². The number of phenolic OH excluding ortho intramolecular Hbond substituents is 1. The molecule has 0 radical (unpaired) electrons. The summed E-state index contributed by atoms with van der Waals surface area (Å²) in [6.45, 7) is 3.90. The fraction of sp³-hybridized carbons (Fsp3) is 0.560. The quantitative estimate of drug-likeness (QED) is 0.388. The molecule has 0 aliphatic heterocycles. The van der Waals surface area contributed by atoms with E-state index in [0.717, 1.165) is 4.88 Å². The molecule has 1 aromatic carbocycles. The van der Waals surface area contributed by atoms with Crippen LogP contribution in [0, 0.1) is 50.3 Å². The highest BCUT2D eigenvalue weighted by molar-refractivity contribution is 7.15. The first kappa shape index (κ1) is 25.2.